The maximum absolute atomic E-state index is 12.2. The van der Waals surface area contributed by atoms with Gasteiger partial charge in [-0.25, -0.2) is 0 Å². The van der Waals surface area contributed by atoms with Crippen molar-refractivity contribution in [1.29, 1.82) is 0 Å². The predicted molar refractivity (Wildman–Crippen MR) is 75.2 cm³/mol. The number of rotatable bonds is 1. The van der Waals surface area contributed by atoms with Crippen LogP contribution in [0.3, 0.4) is 0 Å². The van der Waals surface area contributed by atoms with E-state index in [9.17, 15) is 4.79 Å². The van der Waals surface area contributed by atoms with Crippen LogP contribution in [-0.4, -0.2) is 13.1 Å². The largest absolute Gasteiger partial charge is 0.468 e. The van der Waals surface area contributed by atoms with Crippen molar-refractivity contribution >= 4 is 5.97 Å². The van der Waals surface area contributed by atoms with Gasteiger partial charge in [0.25, 0.3) is 0 Å². The lowest BCUT2D eigenvalue weighted by Gasteiger charge is -2.13. The van der Waals surface area contributed by atoms with Crippen molar-refractivity contribution in [2.24, 2.45) is 0 Å². The molecule has 0 aliphatic heterocycles. The molecule has 96 valence electrons. The maximum Gasteiger partial charge on any atom is 0.317 e. The summed E-state index contributed by atoms with van der Waals surface area (Å²) in [5.74, 6) is -0.463. The Kier molecular flexibility index (Phi) is 2.67. The van der Waals surface area contributed by atoms with Crippen LogP contribution in [0, 0.1) is 13.8 Å². The first kappa shape index (κ1) is 12.0. The highest BCUT2D eigenvalue weighted by Gasteiger charge is 2.35. The van der Waals surface area contributed by atoms with Crippen LogP contribution in [-0.2, 0) is 9.53 Å². The highest BCUT2D eigenvalue weighted by atomic mass is 16.5. The molecular weight excluding hydrogens is 236 g/mol. The van der Waals surface area contributed by atoms with Gasteiger partial charge in [0.15, 0.2) is 0 Å². The fourth-order valence-electron chi connectivity index (χ4n) is 3.10. The van der Waals surface area contributed by atoms with Gasteiger partial charge in [-0.3, -0.25) is 4.79 Å². The molecule has 1 atom stereocenters. The van der Waals surface area contributed by atoms with Crippen molar-refractivity contribution in [2.75, 3.05) is 7.11 Å². The average molecular weight is 252 g/mol. The molecule has 1 aliphatic carbocycles. The van der Waals surface area contributed by atoms with Crippen LogP contribution in [0.2, 0.25) is 0 Å². The van der Waals surface area contributed by atoms with Crippen LogP contribution in [0.1, 0.15) is 28.2 Å². The topological polar surface area (TPSA) is 26.3 Å². The smallest absolute Gasteiger partial charge is 0.317 e. The fraction of sp³-hybridized carbons (Fsp3) is 0.235. The molecule has 0 spiro atoms. The molecule has 1 aliphatic rings. The van der Waals surface area contributed by atoms with E-state index in [0.29, 0.717) is 0 Å². The van der Waals surface area contributed by atoms with E-state index in [0.717, 1.165) is 22.3 Å². The number of benzene rings is 2. The fourth-order valence-corrected chi connectivity index (χ4v) is 3.10. The van der Waals surface area contributed by atoms with Crippen molar-refractivity contribution in [1.82, 2.24) is 0 Å². The molecule has 0 heterocycles. The van der Waals surface area contributed by atoms with E-state index in [-0.39, 0.29) is 11.9 Å². The lowest BCUT2D eigenvalue weighted by molar-refractivity contribution is -0.141. The molecule has 2 heteroatoms. The number of carbonyl (C=O) groups excluding carboxylic acids is 1. The first-order valence-corrected chi connectivity index (χ1v) is 6.41. The second kappa shape index (κ2) is 4.23. The Balaban J connectivity index is 2.34. The molecule has 0 fully saturated rings. The number of hydrogen-bond donors (Lipinski definition) is 0. The van der Waals surface area contributed by atoms with E-state index in [1.54, 1.807) is 0 Å². The second-order valence-electron chi connectivity index (χ2n) is 5.09. The van der Waals surface area contributed by atoms with Crippen molar-refractivity contribution in [3.63, 3.8) is 0 Å². The van der Waals surface area contributed by atoms with Gasteiger partial charge in [0, 0.05) is 0 Å². The number of carbonyl (C=O) groups is 1. The summed E-state index contributed by atoms with van der Waals surface area (Å²) in [5, 5.41) is 0. The minimum absolute atomic E-state index is 0.182. The highest BCUT2D eigenvalue weighted by Crippen LogP contribution is 2.46. The molecule has 2 aromatic rings. The Morgan fingerprint density at radius 1 is 1.11 bits per heavy atom. The van der Waals surface area contributed by atoms with Crippen molar-refractivity contribution in [3.8, 4) is 11.1 Å². The lowest BCUT2D eigenvalue weighted by atomic mass is 9.92. The number of fused-ring (bicyclic) bond motifs is 3. The average Bonchev–Trinajstić information content (AvgIpc) is 2.73. The predicted octanol–water partition coefficient (Wildman–Crippen LogP) is 3.59. The molecule has 0 saturated carbocycles. The van der Waals surface area contributed by atoms with Crippen LogP contribution < -0.4 is 0 Å². The van der Waals surface area contributed by atoms with Crippen LogP contribution >= 0.6 is 0 Å². The molecule has 0 N–H and O–H groups in total. The van der Waals surface area contributed by atoms with E-state index in [1.807, 2.05) is 18.2 Å². The number of esters is 1. The minimum Gasteiger partial charge on any atom is -0.468 e. The van der Waals surface area contributed by atoms with Gasteiger partial charge in [-0.2, -0.15) is 0 Å². The molecule has 0 saturated heterocycles. The van der Waals surface area contributed by atoms with Crippen LogP contribution in [0.5, 0.6) is 0 Å². The molecule has 19 heavy (non-hydrogen) atoms. The molecule has 0 aromatic heterocycles. The molecule has 0 amide bonds. The molecule has 0 bridgehead atoms. The minimum atomic E-state index is -0.281. The SMILES string of the molecule is COC(=O)C1c2ccccc2-c2cc(C)cc(C)c21. The first-order chi connectivity index (χ1) is 9.13. The second-order valence-corrected chi connectivity index (χ2v) is 5.09. The van der Waals surface area contributed by atoms with Gasteiger partial charge in [0.1, 0.15) is 5.92 Å². The third kappa shape index (κ3) is 1.67. The summed E-state index contributed by atoms with van der Waals surface area (Å²) in [6.07, 6.45) is 0. The monoisotopic (exact) mass is 252 g/mol. The van der Waals surface area contributed by atoms with Crippen molar-refractivity contribution in [2.45, 2.75) is 19.8 Å². The molecule has 2 aromatic carbocycles. The molecule has 3 rings (SSSR count). The molecular formula is C17H16O2. The number of aryl methyl sites for hydroxylation is 2. The van der Waals surface area contributed by atoms with E-state index in [1.165, 1.54) is 18.2 Å². The molecule has 0 radical (unpaired) electrons. The third-order valence-corrected chi connectivity index (χ3v) is 3.82. The Morgan fingerprint density at radius 3 is 2.58 bits per heavy atom. The van der Waals surface area contributed by atoms with Gasteiger partial charge in [0.2, 0.25) is 0 Å². The summed E-state index contributed by atoms with van der Waals surface area (Å²) in [5.41, 5.74) is 6.85. The van der Waals surface area contributed by atoms with Crippen LogP contribution in [0.4, 0.5) is 0 Å². The lowest BCUT2D eigenvalue weighted by Crippen LogP contribution is -2.14. The first-order valence-electron chi connectivity index (χ1n) is 6.41. The van der Waals surface area contributed by atoms with Gasteiger partial charge in [0.05, 0.1) is 7.11 Å². The van der Waals surface area contributed by atoms with Gasteiger partial charge in [-0.15, -0.1) is 0 Å². The van der Waals surface area contributed by atoms with Crippen LogP contribution in [0.25, 0.3) is 11.1 Å². The summed E-state index contributed by atoms with van der Waals surface area (Å²) in [6, 6.07) is 12.4. The Morgan fingerprint density at radius 2 is 1.84 bits per heavy atom. The summed E-state index contributed by atoms with van der Waals surface area (Å²) in [7, 11) is 1.45. The summed E-state index contributed by atoms with van der Waals surface area (Å²) in [4.78, 5) is 12.2. The van der Waals surface area contributed by atoms with Gasteiger partial charge in [-0.1, -0.05) is 42.0 Å². The van der Waals surface area contributed by atoms with Crippen LogP contribution in [0.15, 0.2) is 36.4 Å². The van der Waals surface area contributed by atoms with Gasteiger partial charge in [-0.05, 0) is 41.7 Å². The number of hydrogen-bond acceptors (Lipinski definition) is 2. The zero-order valence-electron chi connectivity index (χ0n) is 11.4. The summed E-state index contributed by atoms with van der Waals surface area (Å²) in [6.45, 7) is 4.15. The zero-order valence-corrected chi connectivity index (χ0v) is 11.4. The van der Waals surface area contributed by atoms with Gasteiger partial charge >= 0.3 is 5.97 Å². The normalized spacial score (nSPS) is 15.8. The maximum atomic E-state index is 12.2. The van der Waals surface area contributed by atoms with E-state index >= 15 is 0 Å². The Labute approximate surface area is 113 Å². The molecule has 1 unspecified atom stereocenters. The Hall–Kier alpha value is -2.09. The number of methoxy groups -OCH3 is 1. The van der Waals surface area contributed by atoms with E-state index in [4.69, 9.17) is 4.74 Å². The van der Waals surface area contributed by atoms with E-state index in [2.05, 4.69) is 32.0 Å². The highest BCUT2D eigenvalue weighted by molar-refractivity contribution is 5.94. The summed E-state index contributed by atoms with van der Waals surface area (Å²) < 4.78 is 4.99. The van der Waals surface area contributed by atoms with E-state index < -0.39 is 0 Å². The quantitative estimate of drug-likeness (QED) is 0.725. The standard InChI is InChI=1S/C17H16O2/c1-10-8-11(2)15-14(9-10)12-6-4-5-7-13(12)16(15)17(18)19-3/h4-9,16H,1-3H3. The molecule has 2 nitrogen and oxygen atoms in total. The van der Waals surface area contributed by atoms with Crippen molar-refractivity contribution in [3.05, 3.63) is 58.7 Å². The number of ether oxygens (including phenoxy) is 1. The van der Waals surface area contributed by atoms with Crippen molar-refractivity contribution < 1.29 is 9.53 Å². The van der Waals surface area contributed by atoms with Gasteiger partial charge < -0.3 is 4.74 Å². The summed E-state index contributed by atoms with van der Waals surface area (Å²) >= 11 is 0. The third-order valence-electron chi connectivity index (χ3n) is 3.82. The Bertz CT molecular complexity index is 671. The zero-order chi connectivity index (χ0) is 13.6.